The second-order valence-corrected chi connectivity index (χ2v) is 6.40. The molecule has 2 N–H and O–H groups in total. The number of hydrogen-bond donors (Lipinski definition) is 2. The molecule has 0 aliphatic rings. The van der Waals surface area contributed by atoms with Gasteiger partial charge in [-0.25, -0.2) is 0 Å². The summed E-state index contributed by atoms with van der Waals surface area (Å²) in [4.78, 5) is 22.4. The fourth-order valence-electron chi connectivity index (χ4n) is 2.03. The van der Waals surface area contributed by atoms with Crippen LogP contribution in [0.25, 0.3) is 0 Å². The Morgan fingerprint density at radius 1 is 1.21 bits per heavy atom. The molecule has 2 aromatic rings. The van der Waals surface area contributed by atoms with Crippen molar-refractivity contribution in [1.82, 2.24) is 9.78 Å². The molecule has 128 valence electrons. The monoisotopic (exact) mass is 331 g/mol. The summed E-state index contributed by atoms with van der Waals surface area (Å²) in [5.74, 6) is -0.476. The minimum absolute atomic E-state index is 0.0602. The van der Waals surface area contributed by atoms with E-state index in [2.05, 4.69) is 31.2 Å². The van der Waals surface area contributed by atoms with E-state index >= 15 is 0 Å². The summed E-state index contributed by atoms with van der Waals surface area (Å²) in [6, 6.07) is 9.13. The number of anilines is 1. The molecule has 1 amide bonds. The van der Waals surface area contributed by atoms with E-state index in [4.69, 9.17) is 9.84 Å². The number of amides is 1. The first-order valence-electron chi connectivity index (χ1n) is 7.52. The lowest BCUT2D eigenvalue weighted by Gasteiger charge is -2.19. The molecule has 7 heteroatoms. The highest BCUT2D eigenvalue weighted by molar-refractivity contribution is 5.90. The molecule has 0 atom stereocenters. The maximum Gasteiger partial charge on any atom is 0.325 e. The number of carboxylic acids is 1. The zero-order valence-electron chi connectivity index (χ0n) is 13.9. The Labute approximate surface area is 140 Å². The molecule has 0 saturated carbocycles. The van der Waals surface area contributed by atoms with Crippen LogP contribution in [0, 0.1) is 0 Å². The molecule has 1 aromatic heterocycles. The summed E-state index contributed by atoms with van der Waals surface area (Å²) in [7, 11) is 0. The van der Waals surface area contributed by atoms with Gasteiger partial charge >= 0.3 is 5.97 Å². The molecule has 0 radical (unpaired) electrons. The quantitative estimate of drug-likeness (QED) is 0.847. The maximum absolute atomic E-state index is 11.8. The van der Waals surface area contributed by atoms with Gasteiger partial charge in [0.05, 0.1) is 0 Å². The van der Waals surface area contributed by atoms with Gasteiger partial charge in [0.1, 0.15) is 12.3 Å². The van der Waals surface area contributed by atoms with Crippen LogP contribution in [0.2, 0.25) is 0 Å². The van der Waals surface area contributed by atoms with Crippen LogP contribution in [0.15, 0.2) is 36.5 Å². The minimum atomic E-state index is -1.00. The lowest BCUT2D eigenvalue weighted by Crippen LogP contribution is -2.21. The Bertz CT molecular complexity index is 714. The van der Waals surface area contributed by atoms with E-state index in [1.54, 1.807) is 0 Å². The summed E-state index contributed by atoms with van der Waals surface area (Å²) in [6.07, 6.45) is 1.48. The van der Waals surface area contributed by atoms with Crippen molar-refractivity contribution in [2.45, 2.75) is 32.7 Å². The second-order valence-electron chi connectivity index (χ2n) is 6.40. The minimum Gasteiger partial charge on any atom is -0.484 e. The van der Waals surface area contributed by atoms with Crippen LogP contribution < -0.4 is 10.1 Å². The van der Waals surface area contributed by atoms with Gasteiger partial charge < -0.3 is 15.2 Å². The van der Waals surface area contributed by atoms with E-state index < -0.39 is 5.97 Å². The third-order valence-corrected chi connectivity index (χ3v) is 3.30. The van der Waals surface area contributed by atoms with Gasteiger partial charge in [-0.15, -0.1) is 0 Å². The van der Waals surface area contributed by atoms with Gasteiger partial charge in [-0.05, 0) is 23.1 Å². The lowest BCUT2D eigenvalue weighted by atomic mass is 9.87. The van der Waals surface area contributed by atoms with Crippen LogP contribution in [0.1, 0.15) is 26.3 Å². The van der Waals surface area contributed by atoms with Gasteiger partial charge in [-0.3, -0.25) is 14.3 Å². The van der Waals surface area contributed by atoms with Crippen LogP contribution >= 0.6 is 0 Å². The molecule has 0 spiro atoms. The number of nitrogens with zero attached hydrogens (tertiary/aromatic N) is 2. The Morgan fingerprint density at radius 2 is 1.88 bits per heavy atom. The van der Waals surface area contributed by atoms with Crippen LogP contribution in [0.3, 0.4) is 0 Å². The zero-order chi connectivity index (χ0) is 17.7. The van der Waals surface area contributed by atoms with Crippen LogP contribution in [-0.4, -0.2) is 33.4 Å². The van der Waals surface area contributed by atoms with E-state index in [1.807, 2.05) is 24.3 Å². The molecule has 24 heavy (non-hydrogen) atoms. The SMILES string of the molecule is CC(C)(C)c1ccc(OCC(=O)Nc2ccn(CC(=O)O)n2)cc1. The number of aliphatic carboxylic acids is 1. The molecule has 1 aromatic carbocycles. The van der Waals surface area contributed by atoms with E-state index in [-0.39, 0.29) is 30.3 Å². The third kappa shape index (κ3) is 5.12. The first kappa shape index (κ1) is 17.5. The predicted octanol–water partition coefficient (Wildman–Crippen LogP) is 2.28. The van der Waals surface area contributed by atoms with Crippen molar-refractivity contribution in [2.75, 3.05) is 11.9 Å². The second kappa shape index (κ2) is 7.16. The van der Waals surface area contributed by atoms with Crippen LogP contribution in [0.4, 0.5) is 5.82 Å². The van der Waals surface area contributed by atoms with Crippen LogP contribution in [0.5, 0.6) is 5.75 Å². The number of aromatic nitrogens is 2. The maximum atomic E-state index is 11.8. The highest BCUT2D eigenvalue weighted by Gasteiger charge is 2.13. The van der Waals surface area contributed by atoms with Gasteiger partial charge in [-0.2, -0.15) is 5.10 Å². The molecule has 0 aliphatic carbocycles. The van der Waals surface area contributed by atoms with Crippen molar-refractivity contribution in [3.63, 3.8) is 0 Å². The number of benzene rings is 1. The largest absolute Gasteiger partial charge is 0.484 e. The Balaban J connectivity index is 1.84. The number of carbonyl (C=O) groups excluding carboxylic acids is 1. The molecular formula is C17H21N3O4. The summed E-state index contributed by atoms with van der Waals surface area (Å²) in [6.45, 7) is 5.96. The van der Waals surface area contributed by atoms with Crippen molar-refractivity contribution >= 4 is 17.7 Å². The Kier molecular flexibility index (Phi) is 5.23. The third-order valence-electron chi connectivity index (χ3n) is 3.30. The Morgan fingerprint density at radius 3 is 2.46 bits per heavy atom. The molecule has 0 saturated heterocycles. The van der Waals surface area contributed by atoms with Gasteiger partial charge in [0.15, 0.2) is 12.4 Å². The first-order chi connectivity index (χ1) is 11.2. The number of nitrogens with one attached hydrogen (secondary N) is 1. The zero-order valence-corrected chi connectivity index (χ0v) is 13.9. The van der Waals surface area contributed by atoms with Crippen LogP contribution in [-0.2, 0) is 21.5 Å². The van der Waals surface area contributed by atoms with Crippen molar-refractivity contribution in [3.05, 3.63) is 42.1 Å². The first-order valence-corrected chi connectivity index (χ1v) is 7.52. The van der Waals surface area contributed by atoms with E-state index in [0.29, 0.717) is 5.75 Å². The smallest absolute Gasteiger partial charge is 0.325 e. The van der Waals surface area contributed by atoms with Gasteiger partial charge in [0.2, 0.25) is 0 Å². The molecule has 1 heterocycles. The average molecular weight is 331 g/mol. The summed E-state index contributed by atoms with van der Waals surface area (Å²) in [5.41, 5.74) is 1.24. The van der Waals surface area contributed by atoms with Crippen molar-refractivity contribution in [1.29, 1.82) is 0 Å². The van der Waals surface area contributed by atoms with Crippen molar-refractivity contribution in [2.24, 2.45) is 0 Å². The van der Waals surface area contributed by atoms with Gasteiger partial charge in [-0.1, -0.05) is 32.9 Å². The number of carboxylic acid groups (broad SMARTS) is 1. The number of hydrogen-bond acceptors (Lipinski definition) is 4. The fraction of sp³-hybridized carbons (Fsp3) is 0.353. The average Bonchev–Trinajstić information content (AvgIpc) is 2.91. The molecule has 0 bridgehead atoms. The summed E-state index contributed by atoms with van der Waals surface area (Å²) in [5, 5.41) is 15.2. The van der Waals surface area contributed by atoms with Gasteiger partial charge in [0.25, 0.3) is 5.91 Å². The molecule has 0 unspecified atom stereocenters. The Hall–Kier alpha value is -2.83. The summed E-state index contributed by atoms with van der Waals surface area (Å²) < 4.78 is 6.66. The molecule has 2 rings (SSSR count). The highest BCUT2D eigenvalue weighted by atomic mass is 16.5. The molecule has 0 aliphatic heterocycles. The summed E-state index contributed by atoms with van der Waals surface area (Å²) >= 11 is 0. The topological polar surface area (TPSA) is 93.5 Å². The normalized spacial score (nSPS) is 11.1. The standard InChI is InChI=1S/C17H21N3O4/c1-17(2,3)12-4-6-13(7-5-12)24-11-15(21)18-14-8-9-20(19-14)10-16(22)23/h4-9H,10-11H2,1-3H3,(H,22,23)(H,18,19,21). The molecule has 7 nitrogen and oxygen atoms in total. The molecular weight excluding hydrogens is 310 g/mol. The van der Waals surface area contributed by atoms with Gasteiger partial charge in [0, 0.05) is 12.3 Å². The number of carbonyl (C=O) groups is 2. The van der Waals surface area contributed by atoms with E-state index in [9.17, 15) is 9.59 Å². The lowest BCUT2D eigenvalue weighted by molar-refractivity contribution is -0.137. The molecule has 0 fully saturated rings. The van der Waals surface area contributed by atoms with Crippen molar-refractivity contribution in [3.8, 4) is 5.75 Å². The number of rotatable bonds is 6. The fourth-order valence-corrected chi connectivity index (χ4v) is 2.03. The van der Waals surface area contributed by atoms with Crippen molar-refractivity contribution < 1.29 is 19.4 Å². The highest BCUT2D eigenvalue weighted by Crippen LogP contribution is 2.24. The van der Waals surface area contributed by atoms with E-state index in [0.717, 1.165) is 0 Å². The number of ether oxygens (including phenoxy) is 1. The van der Waals surface area contributed by atoms with E-state index in [1.165, 1.54) is 22.5 Å². The predicted molar refractivity (Wildman–Crippen MR) is 89.1 cm³/mol.